The Balaban J connectivity index is 2.00. The number of hydrogen-bond acceptors (Lipinski definition) is 2. The van der Waals surface area contributed by atoms with Crippen molar-refractivity contribution in [2.24, 2.45) is 4.99 Å². The number of benzene rings is 2. The van der Waals surface area contributed by atoms with E-state index in [1.165, 1.54) is 5.56 Å². The number of hydrogen-bond donors (Lipinski definition) is 1. The number of aryl methyl sites for hydroxylation is 2. The van der Waals surface area contributed by atoms with Crippen LogP contribution in [0.15, 0.2) is 53.2 Å². The van der Waals surface area contributed by atoms with Crippen LogP contribution in [0.5, 0.6) is 0 Å². The minimum Gasteiger partial charge on any atom is -0.305 e. The van der Waals surface area contributed by atoms with Crippen molar-refractivity contribution in [2.45, 2.75) is 13.8 Å². The molecule has 0 saturated heterocycles. The third kappa shape index (κ3) is 2.81. The van der Waals surface area contributed by atoms with Gasteiger partial charge in [-0.2, -0.15) is 0 Å². The summed E-state index contributed by atoms with van der Waals surface area (Å²) >= 11 is 6.15. The number of carbonyl (C=O) groups is 1. The fourth-order valence-electron chi connectivity index (χ4n) is 2.38. The first-order valence-electron chi connectivity index (χ1n) is 6.98. The summed E-state index contributed by atoms with van der Waals surface area (Å²) in [5.74, 6) is 0.279. The average molecular weight is 311 g/mol. The Bertz CT molecular complexity index is 822. The fraction of sp³-hybridized carbons (Fsp3) is 0.111. The van der Waals surface area contributed by atoms with Crippen molar-refractivity contribution in [3.05, 3.63) is 75.4 Å². The van der Waals surface area contributed by atoms with Crippen LogP contribution in [0.3, 0.4) is 0 Å². The maximum Gasteiger partial charge on any atom is 0.275 e. The van der Waals surface area contributed by atoms with E-state index in [0.29, 0.717) is 16.6 Å². The van der Waals surface area contributed by atoms with Gasteiger partial charge in [-0.25, -0.2) is 4.99 Å². The van der Waals surface area contributed by atoms with E-state index in [9.17, 15) is 4.79 Å². The number of amides is 1. The van der Waals surface area contributed by atoms with Crippen LogP contribution in [0.4, 0.5) is 0 Å². The number of nitrogens with one attached hydrogen (secondary N) is 1. The molecule has 1 aliphatic heterocycles. The van der Waals surface area contributed by atoms with Crippen LogP contribution >= 0.6 is 11.6 Å². The average Bonchev–Trinajstić information content (AvgIpc) is 2.83. The molecule has 1 N–H and O–H groups in total. The monoisotopic (exact) mass is 310 g/mol. The molecule has 3 rings (SSSR count). The number of aliphatic imine (C=N–C) groups is 1. The highest BCUT2D eigenvalue weighted by molar-refractivity contribution is 6.35. The van der Waals surface area contributed by atoms with E-state index in [-0.39, 0.29) is 5.91 Å². The van der Waals surface area contributed by atoms with Gasteiger partial charge in [0, 0.05) is 5.56 Å². The van der Waals surface area contributed by atoms with E-state index in [2.05, 4.69) is 16.4 Å². The lowest BCUT2D eigenvalue weighted by atomic mass is 10.0. The molecule has 0 aromatic heterocycles. The third-order valence-corrected chi connectivity index (χ3v) is 3.87. The SMILES string of the molecule is Cc1ccc(/C=C2\N=C(c3ccccc3Cl)NC2=O)c(C)c1. The van der Waals surface area contributed by atoms with Crippen LogP contribution in [0.25, 0.3) is 6.08 Å². The van der Waals surface area contributed by atoms with Gasteiger partial charge >= 0.3 is 0 Å². The third-order valence-electron chi connectivity index (χ3n) is 3.54. The standard InChI is InChI=1S/C18H15ClN2O/c1-11-7-8-13(12(2)9-11)10-16-18(22)21-17(20-16)14-5-3-4-6-15(14)19/h3-10H,1-2H3,(H,20,21,22)/b16-10-. The zero-order valence-corrected chi connectivity index (χ0v) is 13.1. The summed E-state index contributed by atoms with van der Waals surface area (Å²) in [5, 5.41) is 3.33. The van der Waals surface area contributed by atoms with Crippen LogP contribution in [-0.2, 0) is 4.79 Å². The minimum absolute atomic E-state index is 0.213. The number of halogens is 1. The summed E-state index contributed by atoms with van der Waals surface area (Å²) in [5.41, 5.74) is 4.40. The lowest BCUT2D eigenvalue weighted by molar-refractivity contribution is -0.115. The molecule has 0 fully saturated rings. The van der Waals surface area contributed by atoms with E-state index in [4.69, 9.17) is 11.6 Å². The summed E-state index contributed by atoms with van der Waals surface area (Å²) in [4.78, 5) is 16.5. The molecular weight excluding hydrogens is 296 g/mol. The predicted octanol–water partition coefficient (Wildman–Crippen LogP) is 3.87. The van der Waals surface area contributed by atoms with Gasteiger partial charge in [-0.05, 0) is 43.2 Å². The van der Waals surface area contributed by atoms with Crippen molar-refractivity contribution >= 4 is 29.4 Å². The zero-order valence-electron chi connectivity index (χ0n) is 12.4. The van der Waals surface area contributed by atoms with Crippen LogP contribution < -0.4 is 5.32 Å². The van der Waals surface area contributed by atoms with Crippen molar-refractivity contribution in [2.75, 3.05) is 0 Å². The molecular formula is C18H15ClN2O. The summed E-state index contributed by atoms with van der Waals surface area (Å²) < 4.78 is 0. The molecule has 0 spiro atoms. The van der Waals surface area contributed by atoms with Gasteiger partial charge in [0.25, 0.3) is 5.91 Å². The first-order valence-corrected chi connectivity index (χ1v) is 7.36. The molecule has 0 saturated carbocycles. The molecule has 0 unspecified atom stereocenters. The number of rotatable bonds is 2. The number of carbonyl (C=O) groups excluding carboxylic acids is 1. The Morgan fingerprint density at radius 1 is 1.14 bits per heavy atom. The van der Waals surface area contributed by atoms with Gasteiger partial charge in [0.1, 0.15) is 11.5 Å². The van der Waals surface area contributed by atoms with Gasteiger partial charge in [0.2, 0.25) is 0 Å². The van der Waals surface area contributed by atoms with Crippen molar-refractivity contribution in [3.63, 3.8) is 0 Å². The Morgan fingerprint density at radius 3 is 2.64 bits per heavy atom. The van der Waals surface area contributed by atoms with Gasteiger partial charge in [-0.3, -0.25) is 4.79 Å². The van der Waals surface area contributed by atoms with Crippen LogP contribution in [0.1, 0.15) is 22.3 Å². The largest absolute Gasteiger partial charge is 0.305 e. The summed E-state index contributed by atoms with van der Waals surface area (Å²) in [7, 11) is 0. The molecule has 0 atom stereocenters. The Labute approximate surface area is 134 Å². The second kappa shape index (κ2) is 5.78. The van der Waals surface area contributed by atoms with Crippen LogP contribution in [0, 0.1) is 13.8 Å². The number of amidine groups is 1. The summed E-state index contributed by atoms with van der Waals surface area (Å²) in [6.07, 6.45) is 1.80. The zero-order chi connectivity index (χ0) is 15.7. The van der Waals surface area contributed by atoms with Gasteiger partial charge in [-0.15, -0.1) is 0 Å². The molecule has 1 aliphatic rings. The molecule has 22 heavy (non-hydrogen) atoms. The van der Waals surface area contributed by atoms with Gasteiger partial charge in [-0.1, -0.05) is 47.5 Å². The molecule has 1 heterocycles. The van der Waals surface area contributed by atoms with Crippen LogP contribution in [-0.4, -0.2) is 11.7 Å². The predicted molar refractivity (Wildman–Crippen MR) is 90.0 cm³/mol. The van der Waals surface area contributed by atoms with E-state index in [1.807, 2.05) is 44.2 Å². The molecule has 1 amide bonds. The summed E-state index contributed by atoms with van der Waals surface area (Å²) in [6, 6.07) is 13.4. The van der Waals surface area contributed by atoms with Crippen molar-refractivity contribution in [1.82, 2.24) is 5.32 Å². The van der Waals surface area contributed by atoms with Crippen molar-refractivity contribution in [1.29, 1.82) is 0 Å². The van der Waals surface area contributed by atoms with E-state index in [1.54, 1.807) is 12.1 Å². The highest BCUT2D eigenvalue weighted by Gasteiger charge is 2.22. The van der Waals surface area contributed by atoms with Crippen molar-refractivity contribution in [3.8, 4) is 0 Å². The second-order valence-electron chi connectivity index (χ2n) is 5.28. The highest BCUT2D eigenvalue weighted by Crippen LogP contribution is 2.21. The molecule has 0 aliphatic carbocycles. The minimum atomic E-state index is -0.213. The molecule has 2 aromatic carbocycles. The molecule has 2 aromatic rings. The Kier molecular flexibility index (Phi) is 3.82. The Hall–Kier alpha value is -2.39. The first-order chi connectivity index (χ1) is 10.5. The summed E-state index contributed by atoms with van der Waals surface area (Å²) in [6.45, 7) is 4.06. The maximum absolute atomic E-state index is 12.1. The lowest BCUT2D eigenvalue weighted by Crippen LogP contribution is -2.24. The van der Waals surface area contributed by atoms with E-state index < -0.39 is 0 Å². The molecule has 3 nitrogen and oxygen atoms in total. The van der Waals surface area contributed by atoms with Gasteiger partial charge in [0.15, 0.2) is 0 Å². The molecule has 4 heteroatoms. The van der Waals surface area contributed by atoms with Crippen LogP contribution in [0.2, 0.25) is 5.02 Å². The smallest absolute Gasteiger partial charge is 0.275 e. The molecule has 0 bridgehead atoms. The molecule has 0 radical (unpaired) electrons. The molecule has 110 valence electrons. The topological polar surface area (TPSA) is 41.5 Å². The fourth-order valence-corrected chi connectivity index (χ4v) is 2.61. The quantitative estimate of drug-likeness (QED) is 0.840. The van der Waals surface area contributed by atoms with Crippen molar-refractivity contribution < 1.29 is 4.79 Å². The van der Waals surface area contributed by atoms with E-state index >= 15 is 0 Å². The first kappa shape index (κ1) is 14.5. The highest BCUT2D eigenvalue weighted by atomic mass is 35.5. The van der Waals surface area contributed by atoms with E-state index in [0.717, 1.165) is 16.7 Å². The van der Waals surface area contributed by atoms with Gasteiger partial charge in [0.05, 0.1) is 5.02 Å². The second-order valence-corrected chi connectivity index (χ2v) is 5.69. The maximum atomic E-state index is 12.1. The number of nitrogens with zero attached hydrogens (tertiary/aromatic N) is 1. The van der Waals surface area contributed by atoms with Gasteiger partial charge < -0.3 is 5.32 Å². The Morgan fingerprint density at radius 2 is 1.91 bits per heavy atom. The lowest BCUT2D eigenvalue weighted by Gasteiger charge is -2.02. The normalized spacial score (nSPS) is 15.9.